The molecule has 178 valence electrons. The fraction of sp³-hybridized carbons (Fsp3) is 0.154. The molecule has 35 heavy (non-hydrogen) atoms. The van der Waals surface area contributed by atoms with Crippen LogP contribution in [0.4, 0.5) is 5.69 Å². The van der Waals surface area contributed by atoms with Crippen LogP contribution in [0.15, 0.2) is 70.1 Å². The zero-order valence-electron chi connectivity index (χ0n) is 18.7. The minimum absolute atomic E-state index is 0.0219. The van der Waals surface area contributed by atoms with E-state index in [9.17, 15) is 14.8 Å². The summed E-state index contributed by atoms with van der Waals surface area (Å²) in [6.45, 7) is 2.78. The Morgan fingerprint density at radius 1 is 1.09 bits per heavy atom. The van der Waals surface area contributed by atoms with Gasteiger partial charge in [0.25, 0.3) is 0 Å². The summed E-state index contributed by atoms with van der Waals surface area (Å²) in [6.07, 6.45) is 1.85. The first-order valence-electron chi connectivity index (χ1n) is 11.0. The number of esters is 1. The maximum atomic E-state index is 13.3. The van der Waals surface area contributed by atoms with Gasteiger partial charge >= 0.3 is 5.97 Å². The number of hydrogen-bond donors (Lipinski definition) is 2. The quantitative estimate of drug-likeness (QED) is 0.256. The summed E-state index contributed by atoms with van der Waals surface area (Å²) in [5, 5.41) is 19.6. The number of fused-ring (bicyclic) bond motifs is 2. The number of rotatable bonds is 5. The van der Waals surface area contributed by atoms with Crippen LogP contribution in [0, 0.1) is 5.21 Å². The second kappa shape index (κ2) is 9.22. The molecule has 9 heteroatoms. The number of benzene rings is 3. The van der Waals surface area contributed by atoms with E-state index in [1.54, 1.807) is 24.3 Å². The third kappa shape index (κ3) is 4.35. The first kappa shape index (κ1) is 22.6. The van der Waals surface area contributed by atoms with Gasteiger partial charge in [-0.05, 0) is 41.8 Å². The Morgan fingerprint density at radius 2 is 1.89 bits per heavy atom. The van der Waals surface area contributed by atoms with Crippen molar-refractivity contribution in [1.29, 1.82) is 0 Å². The smallest absolute Gasteiger partial charge is 0.343 e. The molecule has 1 aliphatic heterocycles. The predicted molar refractivity (Wildman–Crippen MR) is 125 cm³/mol. The van der Waals surface area contributed by atoms with Gasteiger partial charge in [-0.3, -0.25) is 4.79 Å². The molecule has 0 saturated carbocycles. The topological polar surface area (TPSA) is 123 Å². The van der Waals surface area contributed by atoms with E-state index in [2.05, 4.69) is 0 Å². The number of carbonyl (C=O) groups is 1. The Kier molecular flexibility index (Phi) is 5.96. The molecule has 9 nitrogen and oxygen atoms in total. The summed E-state index contributed by atoms with van der Waals surface area (Å²) in [6, 6.07) is 14.0. The van der Waals surface area contributed by atoms with Crippen LogP contribution < -0.4 is 24.9 Å². The lowest BCUT2D eigenvalue weighted by Crippen LogP contribution is -2.99. The van der Waals surface area contributed by atoms with Crippen molar-refractivity contribution in [1.82, 2.24) is 0 Å². The van der Waals surface area contributed by atoms with Crippen LogP contribution in [0.2, 0.25) is 0 Å². The lowest BCUT2D eigenvalue weighted by Gasteiger charge is -2.18. The van der Waals surface area contributed by atoms with Gasteiger partial charge in [0.05, 0.1) is 16.5 Å². The molecule has 5 rings (SSSR count). The van der Waals surface area contributed by atoms with E-state index in [-0.39, 0.29) is 28.0 Å². The highest BCUT2D eigenvalue weighted by Crippen LogP contribution is 2.34. The molecule has 2 N–H and O–H groups in total. The van der Waals surface area contributed by atoms with Gasteiger partial charge in [-0.25, -0.2) is 10.0 Å². The highest BCUT2D eigenvalue weighted by molar-refractivity contribution is 5.93. The molecule has 1 atom stereocenters. The summed E-state index contributed by atoms with van der Waals surface area (Å²) in [5.74, 6) is 0.717. The minimum Gasteiger partial charge on any atom is -0.595 e. The second-order valence-corrected chi connectivity index (χ2v) is 7.92. The van der Waals surface area contributed by atoms with Crippen molar-refractivity contribution >= 4 is 22.6 Å². The maximum absolute atomic E-state index is 13.3. The van der Waals surface area contributed by atoms with E-state index in [1.807, 2.05) is 6.92 Å². The molecule has 1 unspecified atom stereocenters. The van der Waals surface area contributed by atoms with E-state index in [4.69, 9.17) is 23.8 Å². The van der Waals surface area contributed by atoms with Crippen LogP contribution in [-0.4, -0.2) is 24.4 Å². The molecule has 1 aromatic heterocycles. The molecule has 4 aromatic rings. The van der Waals surface area contributed by atoms with Crippen LogP contribution in [0.3, 0.4) is 0 Å². The maximum Gasteiger partial charge on any atom is 0.343 e. The van der Waals surface area contributed by atoms with Crippen LogP contribution in [0.25, 0.3) is 22.1 Å². The Labute approximate surface area is 199 Å². The van der Waals surface area contributed by atoms with Crippen molar-refractivity contribution in [2.75, 3.05) is 13.2 Å². The van der Waals surface area contributed by atoms with Gasteiger partial charge in [0.1, 0.15) is 30.8 Å². The van der Waals surface area contributed by atoms with E-state index in [0.29, 0.717) is 53.2 Å². The van der Waals surface area contributed by atoms with Gasteiger partial charge in [0.15, 0.2) is 17.2 Å². The summed E-state index contributed by atoms with van der Waals surface area (Å²) in [4.78, 5) is 26.0. The number of ether oxygens (including phenoxy) is 3. The SMILES string of the molecule is CCc1cc2c(=O)c(-c3ccc4c(c3)OCCO4)coc2cc1OC(=O)c1cccc([NH+]([O-])O)c1. The molecule has 0 aliphatic carbocycles. The molecular formula is C26H21NO8. The molecular weight excluding hydrogens is 454 g/mol. The number of nitrogens with one attached hydrogen (secondary N) is 1. The van der Waals surface area contributed by atoms with Crippen LogP contribution in [0.5, 0.6) is 17.2 Å². The van der Waals surface area contributed by atoms with E-state index >= 15 is 0 Å². The van der Waals surface area contributed by atoms with Crippen molar-refractivity contribution in [2.24, 2.45) is 0 Å². The largest absolute Gasteiger partial charge is 0.595 e. The van der Waals surface area contributed by atoms with Crippen molar-refractivity contribution in [3.8, 4) is 28.4 Å². The minimum atomic E-state index is -1.14. The summed E-state index contributed by atoms with van der Waals surface area (Å²) in [5.41, 5.74) is 1.74. The van der Waals surface area contributed by atoms with Crippen molar-refractivity contribution in [3.05, 3.63) is 87.4 Å². The van der Waals surface area contributed by atoms with E-state index in [1.165, 1.54) is 36.6 Å². The average Bonchev–Trinajstić information content (AvgIpc) is 2.88. The Hall–Kier alpha value is -4.18. The van der Waals surface area contributed by atoms with Gasteiger partial charge in [-0.1, -0.05) is 19.1 Å². The fourth-order valence-electron chi connectivity index (χ4n) is 3.92. The zero-order chi connectivity index (χ0) is 24.5. The first-order chi connectivity index (χ1) is 16.9. The van der Waals surface area contributed by atoms with Gasteiger partial charge in [-0.2, -0.15) is 5.23 Å². The number of carbonyl (C=O) groups excluding carboxylic acids is 1. The van der Waals surface area contributed by atoms with E-state index in [0.717, 1.165) is 0 Å². The van der Waals surface area contributed by atoms with Crippen LogP contribution in [0.1, 0.15) is 22.8 Å². The lowest BCUT2D eigenvalue weighted by atomic mass is 10.0. The summed E-state index contributed by atoms with van der Waals surface area (Å²) >= 11 is 0. The van der Waals surface area contributed by atoms with Crippen molar-refractivity contribution < 1.29 is 33.9 Å². The standard InChI is InChI=1S/C26H21NO8/c1-2-15-11-19-23(13-22(15)35-26(29)17-4-3-5-18(10-17)27(30)31)34-14-20(25(19)28)16-6-7-21-24(12-16)33-9-8-32-21/h3-7,10-14,27,30H,2,8-9H2,1H3. The highest BCUT2D eigenvalue weighted by Gasteiger charge is 2.19. The average molecular weight is 475 g/mol. The third-order valence-corrected chi connectivity index (χ3v) is 5.74. The van der Waals surface area contributed by atoms with Crippen LogP contribution >= 0.6 is 0 Å². The molecule has 0 fully saturated rings. The molecule has 3 aromatic carbocycles. The Balaban J connectivity index is 1.51. The zero-order valence-corrected chi connectivity index (χ0v) is 18.7. The van der Waals surface area contributed by atoms with Gasteiger partial charge < -0.3 is 23.8 Å². The molecule has 0 amide bonds. The second-order valence-electron chi connectivity index (χ2n) is 7.92. The van der Waals surface area contributed by atoms with E-state index < -0.39 is 11.2 Å². The molecule has 2 heterocycles. The Morgan fingerprint density at radius 3 is 2.66 bits per heavy atom. The first-order valence-corrected chi connectivity index (χ1v) is 11.0. The normalized spacial score (nSPS) is 13.5. The van der Waals surface area contributed by atoms with Gasteiger partial charge in [0, 0.05) is 18.2 Å². The fourth-order valence-corrected chi connectivity index (χ4v) is 3.92. The highest BCUT2D eigenvalue weighted by atomic mass is 16.8. The molecule has 0 saturated heterocycles. The molecule has 1 aliphatic rings. The van der Waals surface area contributed by atoms with Gasteiger partial charge in [0.2, 0.25) is 5.43 Å². The predicted octanol–water partition coefficient (Wildman–Crippen LogP) is 3.42. The third-order valence-electron chi connectivity index (χ3n) is 5.74. The van der Waals surface area contributed by atoms with Crippen LogP contribution in [-0.2, 0) is 6.42 Å². The van der Waals surface area contributed by atoms with Gasteiger partial charge in [-0.15, -0.1) is 0 Å². The molecule has 0 radical (unpaired) electrons. The number of quaternary nitrogens is 1. The molecule has 0 bridgehead atoms. The van der Waals surface area contributed by atoms with Crippen molar-refractivity contribution in [2.45, 2.75) is 13.3 Å². The Bertz CT molecular complexity index is 1490. The summed E-state index contributed by atoms with van der Waals surface area (Å²) in [7, 11) is 0. The monoisotopic (exact) mass is 475 g/mol. The van der Waals surface area contributed by atoms with Crippen molar-refractivity contribution in [3.63, 3.8) is 0 Å². The number of aryl methyl sites for hydroxylation is 1. The lowest BCUT2D eigenvalue weighted by molar-refractivity contribution is -0.991. The summed E-state index contributed by atoms with van der Waals surface area (Å²) < 4.78 is 22.5. The molecule has 0 spiro atoms. The number of hydrogen-bond acceptors (Lipinski definition) is 8.